The zero-order valence-corrected chi connectivity index (χ0v) is 13.6. The molecule has 2 heterocycles. The number of benzene rings is 1. The minimum atomic E-state index is -0.508. The van der Waals surface area contributed by atoms with Gasteiger partial charge in [-0.1, -0.05) is 0 Å². The molecule has 128 valence electrons. The zero-order chi connectivity index (χ0) is 17.6. The SMILES string of the molecule is Nc1csc(NN=Cc2ccc(OCn3cc([N+](=O)[O-])cn3)cc2)n1. The number of rotatable bonds is 7. The van der Waals surface area contributed by atoms with Gasteiger partial charge in [0, 0.05) is 5.38 Å². The Bertz CT molecular complexity index is 888. The first-order valence-corrected chi connectivity index (χ1v) is 7.88. The van der Waals surface area contributed by atoms with E-state index in [1.165, 1.54) is 28.4 Å². The molecule has 0 spiro atoms. The van der Waals surface area contributed by atoms with Crippen LogP contribution in [0.2, 0.25) is 0 Å². The molecule has 11 heteroatoms. The van der Waals surface area contributed by atoms with Gasteiger partial charge in [-0.2, -0.15) is 10.2 Å². The molecule has 2 aromatic heterocycles. The Kier molecular flexibility index (Phi) is 4.85. The number of aromatic nitrogens is 3. The van der Waals surface area contributed by atoms with Crippen LogP contribution in [-0.2, 0) is 6.73 Å². The molecule has 3 N–H and O–H groups in total. The molecule has 0 bridgehead atoms. The predicted molar refractivity (Wildman–Crippen MR) is 93.7 cm³/mol. The minimum Gasteiger partial charge on any atom is -0.471 e. The average Bonchev–Trinajstić information content (AvgIpc) is 3.23. The number of hydrogen-bond acceptors (Lipinski definition) is 9. The molecule has 0 fully saturated rings. The summed E-state index contributed by atoms with van der Waals surface area (Å²) >= 11 is 1.36. The Morgan fingerprint density at radius 2 is 2.24 bits per heavy atom. The van der Waals surface area contributed by atoms with E-state index in [1.54, 1.807) is 23.7 Å². The van der Waals surface area contributed by atoms with Crippen molar-refractivity contribution < 1.29 is 9.66 Å². The highest BCUT2D eigenvalue weighted by molar-refractivity contribution is 7.14. The van der Waals surface area contributed by atoms with Crippen molar-refractivity contribution in [3.63, 3.8) is 0 Å². The molecule has 25 heavy (non-hydrogen) atoms. The first-order chi connectivity index (χ1) is 12.1. The van der Waals surface area contributed by atoms with Gasteiger partial charge in [-0.15, -0.1) is 11.3 Å². The molecule has 0 saturated heterocycles. The van der Waals surface area contributed by atoms with Gasteiger partial charge in [0.15, 0.2) is 6.73 Å². The molecule has 0 aliphatic rings. The molecule has 0 amide bonds. The second kappa shape index (κ2) is 7.40. The van der Waals surface area contributed by atoms with Crippen molar-refractivity contribution in [2.45, 2.75) is 6.73 Å². The van der Waals surface area contributed by atoms with Crippen molar-refractivity contribution in [3.8, 4) is 5.75 Å². The maximum Gasteiger partial charge on any atom is 0.307 e. The molecular weight excluding hydrogens is 346 g/mol. The monoisotopic (exact) mass is 359 g/mol. The average molecular weight is 359 g/mol. The van der Waals surface area contributed by atoms with Gasteiger partial charge in [-0.25, -0.2) is 9.67 Å². The van der Waals surface area contributed by atoms with Gasteiger partial charge < -0.3 is 10.5 Å². The largest absolute Gasteiger partial charge is 0.471 e. The lowest BCUT2D eigenvalue weighted by molar-refractivity contribution is -0.385. The van der Waals surface area contributed by atoms with E-state index in [9.17, 15) is 10.1 Å². The standard InChI is InChI=1S/C14H13N7O3S/c15-13-8-25-14(18-13)19-16-5-10-1-3-12(4-2-10)24-9-20-7-11(6-17-20)21(22)23/h1-8H,9,15H2,(H,18,19). The molecular formula is C14H13N7O3S. The van der Waals surface area contributed by atoms with Gasteiger partial charge in [-0.3, -0.25) is 15.5 Å². The summed E-state index contributed by atoms with van der Waals surface area (Å²) < 4.78 is 6.86. The van der Waals surface area contributed by atoms with Crippen molar-refractivity contribution in [1.29, 1.82) is 0 Å². The molecule has 0 saturated carbocycles. The fraction of sp³-hybridized carbons (Fsp3) is 0.0714. The van der Waals surface area contributed by atoms with E-state index in [4.69, 9.17) is 10.5 Å². The van der Waals surface area contributed by atoms with Gasteiger partial charge in [0.2, 0.25) is 5.13 Å². The summed E-state index contributed by atoms with van der Waals surface area (Å²) in [6.07, 6.45) is 4.11. The lowest BCUT2D eigenvalue weighted by Gasteiger charge is -2.05. The number of thiazole rings is 1. The lowest BCUT2D eigenvalue weighted by atomic mass is 10.2. The summed E-state index contributed by atoms with van der Waals surface area (Å²) in [5, 5.41) is 20.8. The number of nitrogens with two attached hydrogens (primary N) is 1. The highest BCUT2D eigenvalue weighted by Gasteiger charge is 2.08. The molecule has 10 nitrogen and oxygen atoms in total. The van der Waals surface area contributed by atoms with Gasteiger partial charge in [0.25, 0.3) is 0 Å². The van der Waals surface area contributed by atoms with Crippen molar-refractivity contribution >= 4 is 34.2 Å². The maximum atomic E-state index is 10.6. The van der Waals surface area contributed by atoms with E-state index in [2.05, 4.69) is 20.6 Å². The van der Waals surface area contributed by atoms with E-state index in [1.807, 2.05) is 12.1 Å². The van der Waals surface area contributed by atoms with Crippen molar-refractivity contribution in [1.82, 2.24) is 14.8 Å². The summed E-state index contributed by atoms with van der Waals surface area (Å²) in [5.41, 5.74) is 9.09. The Balaban J connectivity index is 1.51. The Morgan fingerprint density at radius 3 is 2.88 bits per heavy atom. The fourth-order valence-corrected chi connectivity index (χ4v) is 2.36. The van der Waals surface area contributed by atoms with Crippen LogP contribution < -0.4 is 15.9 Å². The molecule has 0 unspecified atom stereocenters. The number of nitrogens with one attached hydrogen (secondary N) is 1. The van der Waals surface area contributed by atoms with E-state index in [0.29, 0.717) is 16.7 Å². The zero-order valence-electron chi connectivity index (χ0n) is 12.8. The van der Waals surface area contributed by atoms with Crippen LogP contribution in [0.1, 0.15) is 5.56 Å². The maximum absolute atomic E-state index is 10.6. The van der Waals surface area contributed by atoms with Crippen LogP contribution in [0.5, 0.6) is 5.75 Å². The van der Waals surface area contributed by atoms with E-state index in [-0.39, 0.29) is 12.4 Å². The number of hydrogen-bond donors (Lipinski definition) is 2. The third-order valence-corrected chi connectivity index (χ3v) is 3.73. The molecule has 3 aromatic rings. The summed E-state index contributed by atoms with van der Waals surface area (Å²) in [6, 6.07) is 7.17. The quantitative estimate of drug-likeness (QED) is 0.375. The first kappa shape index (κ1) is 16.4. The fourth-order valence-electron chi connectivity index (χ4n) is 1.81. The van der Waals surface area contributed by atoms with Gasteiger partial charge in [-0.05, 0) is 29.8 Å². The van der Waals surface area contributed by atoms with Crippen molar-refractivity contribution in [2.24, 2.45) is 5.10 Å². The highest BCUT2D eigenvalue weighted by Crippen LogP contribution is 2.16. The normalized spacial score (nSPS) is 10.9. The summed E-state index contributed by atoms with van der Waals surface area (Å²) in [7, 11) is 0. The van der Waals surface area contributed by atoms with Crippen LogP contribution in [0.25, 0.3) is 0 Å². The Morgan fingerprint density at radius 1 is 1.44 bits per heavy atom. The van der Waals surface area contributed by atoms with E-state index >= 15 is 0 Å². The lowest BCUT2D eigenvalue weighted by Crippen LogP contribution is -2.05. The Hall–Kier alpha value is -3.47. The van der Waals surface area contributed by atoms with Crippen LogP contribution in [-0.4, -0.2) is 25.9 Å². The summed E-state index contributed by atoms with van der Waals surface area (Å²) in [5.74, 6) is 1.06. The number of nitrogens with zero attached hydrogens (tertiary/aromatic N) is 5. The predicted octanol–water partition coefficient (Wildman–Crippen LogP) is 2.31. The van der Waals surface area contributed by atoms with Crippen LogP contribution in [0, 0.1) is 10.1 Å². The Labute approximate surface area is 145 Å². The molecule has 0 aliphatic carbocycles. The van der Waals surface area contributed by atoms with Crippen molar-refractivity contribution in [2.75, 3.05) is 11.2 Å². The molecule has 3 rings (SSSR count). The number of ether oxygens (including phenoxy) is 1. The van der Waals surface area contributed by atoms with E-state index < -0.39 is 4.92 Å². The molecule has 0 atom stereocenters. The van der Waals surface area contributed by atoms with Crippen molar-refractivity contribution in [3.05, 3.63) is 57.7 Å². The molecule has 1 aromatic carbocycles. The third kappa shape index (κ3) is 4.51. The third-order valence-electron chi connectivity index (χ3n) is 2.97. The van der Waals surface area contributed by atoms with Crippen LogP contribution >= 0.6 is 11.3 Å². The molecule has 0 aliphatic heterocycles. The topological polar surface area (TPSA) is 133 Å². The second-order valence-corrected chi connectivity index (χ2v) is 5.64. The first-order valence-electron chi connectivity index (χ1n) is 7.00. The van der Waals surface area contributed by atoms with Crippen LogP contribution in [0.3, 0.4) is 0 Å². The van der Waals surface area contributed by atoms with Gasteiger partial charge in [0.05, 0.1) is 11.1 Å². The molecule has 0 radical (unpaired) electrons. The van der Waals surface area contributed by atoms with Gasteiger partial charge in [0.1, 0.15) is 24.0 Å². The van der Waals surface area contributed by atoms with Crippen LogP contribution in [0.4, 0.5) is 16.6 Å². The second-order valence-electron chi connectivity index (χ2n) is 4.79. The van der Waals surface area contributed by atoms with Gasteiger partial charge >= 0.3 is 5.69 Å². The number of nitro groups is 1. The minimum absolute atomic E-state index is 0.0777. The van der Waals surface area contributed by atoms with E-state index in [0.717, 1.165) is 5.56 Å². The number of hydrazone groups is 1. The smallest absolute Gasteiger partial charge is 0.307 e. The van der Waals surface area contributed by atoms with Crippen LogP contribution in [0.15, 0.2) is 47.1 Å². The number of nitrogen functional groups attached to an aromatic ring is 1. The highest BCUT2D eigenvalue weighted by atomic mass is 32.1. The number of anilines is 2. The summed E-state index contributed by atoms with van der Waals surface area (Å²) in [4.78, 5) is 14.1. The summed E-state index contributed by atoms with van der Waals surface area (Å²) in [6.45, 7) is 0.0777.